The molecule has 14 heavy (non-hydrogen) atoms. The third-order valence-electron chi connectivity index (χ3n) is 2.64. The van der Waals surface area contributed by atoms with Gasteiger partial charge >= 0.3 is 0 Å². The van der Waals surface area contributed by atoms with Gasteiger partial charge in [-0.15, -0.1) is 0 Å². The van der Waals surface area contributed by atoms with Crippen LogP contribution in [0.1, 0.15) is 24.4 Å². The fraction of sp³-hybridized carbons (Fsp3) is 0.455. The summed E-state index contributed by atoms with van der Waals surface area (Å²) in [6, 6.07) is 6.32. The van der Waals surface area contributed by atoms with E-state index in [-0.39, 0.29) is 0 Å². The first-order chi connectivity index (χ1) is 6.83. The molecule has 1 saturated heterocycles. The molecule has 0 amide bonds. The van der Waals surface area contributed by atoms with Gasteiger partial charge in [-0.1, -0.05) is 23.7 Å². The molecule has 0 spiro atoms. The van der Waals surface area contributed by atoms with Crippen molar-refractivity contribution in [1.29, 1.82) is 0 Å². The van der Waals surface area contributed by atoms with Crippen LogP contribution in [-0.4, -0.2) is 13.7 Å². The largest absolute Gasteiger partial charge is 0.495 e. The van der Waals surface area contributed by atoms with Crippen LogP contribution in [0.4, 0.5) is 0 Å². The van der Waals surface area contributed by atoms with E-state index in [1.54, 1.807) is 7.11 Å². The van der Waals surface area contributed by atoms with Crippen LogP contribution in [0.15, 0.2) is 18.2 Å². The fourth-order valence-corrected chi connectivity index (χ4v) is 2.22. The van der Waals surface area contributed by atoms with Crippen LogP contribution < -0.4 is 10.1 Å². The molecule has 1 fully saturated rings. The van der Waals surface area contributed by atoms with E-state index in [1.807, 2.05) is 12.1 Å². The highest BCUT2D eigenvalue weighted by atomic mass is 35.5. The van der Waals surface area contributed by atoms with Gasteiger partial charge in [0.05, 0.1) is 12.1 Å². The molecule has 2 nitrogen and oxygen atoms in total. The fourth-order valence-electron chi connectivity index (χ4n) is 1.97. The zero-order chi connectivity index (χ0) is 9.97. The van der Waals surface area contributed by atoms with E-state index in [9.17, 15) is 0 Å². The van der Waals surface area contributed by atoms with Gasteiger partial charge in [0.25, 0.3) is 0 Å². The van der Waals surface area contributed by atoms with Crippen molar-refractivity contribution < 1.29 is 4.74 Å². The van der Waals surface area contributed by atoms with E-state index < -0.39 is 0 Å². The molecule has 1 aromatic carbocycles. The topological polar surface area (TPSA) is 21.3 Å². The molecule has 1 N–H and O–H groups in total. The Bertz CT molecular complexity index is 321. The maximum atomic E-state index is 6.06. The molecule has 0 aliphatic carbocycles. The number of halogens is 1. The monoisotopic (exact) mass is 211 g/mol. The summed E-state index contributed by atoms with van der Waals surface area (Å²) in [5.74, 6) is 0.813. The molecular formula is C11H14ClNO. The lowest BCUT2D eigenvalue weighted by atomic mass is 10.0. The standard InChI is InChI=1S/C11H14ClNO/c1-14-11-8(4-2-5-9(11)12)10-6-3-7-13-10/h2,4-5,10,13H,3,6-7H2,1H3/t10-/m0/s1. The third kappa shape index (κ3) is 1.72. The zero-order valence-electron chi connectivity index (χ0n) is 8.22. The molecule has 0 bridgehead atoms. The second-order valence-electron chi connectivity index (χ2n) is 3.51. The van der Waals surface area contributed by atoms with E-state index >= 15 is 0 Å². The number of hydrogen-bond donors (Lipinski definition) is 1. The SMILES string of the molecule is COc1c(Cl)cccc1[C@@H]1CCCN1. The van der Waals surface area contributed by atoms with Crippen LogP contribution in [0.5, 0.6) is 5.75 Å². The molecule has 3 heteroatoms. The van der Waals surface area contributed by atoms with Gasteiger partial charge in [-0.05, 0) is 25.5 Å². The van der Waals surface area contributed by atoms with Crippen molar-refractivity contribution in [2.45, 2.75) is 18.9 Å². The van der Waals surface area contributed by atoms with Gasteiger partial charge in [0, 0.05) is 11.6 Å². The van der Waals surface area contributed by atoms with Gasteiger partial charge in [0.2, 0.25) is 0 Å². The number of hydrogen-bond acceptors (Lipinski definition) is 2. The van der Waals surface area contributed by atoms with E-state index in [2.05, 4.69) is 11.4 Å². The van der Waals surface area contributed by atoms with Gasteiger partial charge in [0.1, 0.15) is 5.75 Å². The van der Waals surface area contributed by atoms with Crippen LogP contribution in [0.3, 0.4) is 0 Å². The number of rotatable bonds is 2. The molecular weight excluding hydrogens is 198 g/mol. The van der Waals surface area contributed by atoms with Crippen molar-refractivity contribution in [3.63, 3.8) is 0 Å². The Labute approximate surface area is 89.2 Å². The minimum atomic E-state index is 0.406. The molecule has 76 valence electrons. The highest BCUT2D eigenvalue weighted by Crippen LogP contribution is 2.35. The lowest BCUT2D eigenvalue weighted by Crippen LogP contribution is -2.13. The van der Waals surface area contributed by atoms with Gasteiger partial charge < -0.3 is 10.1 Å². The molecule has 1 aliphatic heterocycles. The van der Waals surface area contributed by atoms with Gasteiger partial charge in [-0.3, -0.25) is 0 Å². The van der Waals surface area contributed by atoms with E-state index in [0.29, 0.717) is 11.1 Å². The van der Waals surface area contributed by atoms with Gasteiger partial charge in [-0.2, -0.15) is 0 Å². The molecule has 0 unspecified atom stereocenters. The first-order valence-electron chi connectivity index (χ1n) is 4.88. The highest BCUT2D eigenvalue weighted by Gasteiger charge is 2.20. The summed E-state index contributed by atoms with van der Waals surface area (Å²) in [4.78, 5) is 0. The molecule has 1 heterocycles. The smallest absolute Gasteiger partial charge is 0.142 e. The number of benzene rings is 1. The van der Waals surface area contributed by atoms with Crippen molar-refractivity contribution >= 4 is 11.6 Å². The third-order valence-corrected chi connectivity index (χ3v) is 2.93. The summed E-state index contributed by atoms with van der Waals surface area (Å²) >= 11 is 6.06. The summed E-state index contributed by atoms with van der Waals surface area (Å²) < 4.78 is 5.32. The first-order valence-corrected chi connectivity index (χ1v) is 5.26. The average Bonchev–Trinajstić information content (AvgIpc) is 2.70. The molecule has 0 radical (unpaired) electrons. The molecule has 2 rings (SSSR count). The Morgan fingerprint density at radius 1 is 1.50 bits per heavy atom. The van der Waals surface area contributed by atoms with Crippen molar-refractivity contribution in [3.05, 3.63) is 28.8 Å². The zero-order valence-corrected chi connectivity index (χ0v) is 8.97. The molecule has 0 aromatic heterocycles. The summed E-state index contributed by atoms with van der Waals surface area (Å²) in [5, 5.41) is 4.13. The van der Waals surface area contributed by atoms with Gasteiger partial charge in [0.15, 0.2) is 0 Å². The van der Waals surface area contributed by atoms with Crippen molar-refractivity contribution in [2.24, 2.45) is 0 Å². The maximum absolute atomic E-state index is 6.06. The average molecular weight is 212 g/mol. The van der Waals surface area contributed by atoms with Crippen LogP contribution in [0.25, 0.3) is 0 Å². The molecule has 1 atom stereocenters. The summed E-state index contributed by atoms with van der Waals surface area (Å²) in [5.41, 5.74) is 1.18. The number of nitrogens with one attached hydrogen (secondary N) is 1. The normalized spacial score (nSPS) is 21.1. The van der Waals surface area contributed by atoms with Crippen LogP contribution in [0, 0.1) is 0 Å². The second kappa shape index (κ2) is 4.20. The number of methoxy groups -OCH3 is 1. The Balaban J connectivity index is 2.35. The second-order valence-corrected chi connectivity index (χ2v) is 3.92. The van der Waals surface area contributed by atoms with Crippen molar-refractivity contribution in [3.8, 4) is 5.75 Å². The molecule has 1 aromatic rings. The van der Waals surface area contributed by atoms with E-state index in [4.69, 9.17) is 16.3 Å². The summed E-state index contributed by atoms with van der Waals surface area (Å²) in [7, 11) is 1.67. The minimum Gasteiger partial charge on any atom is -0.495 e. The predicted molar refractivity (Wildman–Crippen MR) is 58.0 cm³/mol. The molecule has 0 saturated carbocycles. The first kappa shape index (κ1) is 9.81. The number of ether oxygens (including phenoxy) is 1. The van der Waals surface area contributed by atoms with Crippen LogP contribution in [0.2, 0.25) is 5.02 Å². The van der Waals surface area contributed by atoms with E-state index in [1.165, 1.54) is 12.0 Å². The van der Waals surface area contributed by atoms with Crippen molar-refractivity contribution in [1.82, 2.24) is 5.32 Å². The maximum Gasteiger partial charge on any atom is 0.142 e. The predicted octanol–water partition coefficient (Wildman–Crippen LogP) is 2.77. The lowest BCUT2D eigenvalue weighted by molar-refractivity contribution is 0.403. The van der Waals surface area contributed by atoms with Crippen molar-refractivity contribution in [2.75, 3.05) is 13.7 Å². The quantitative estimate of drug-likeness (QED) is 0.813. The van der Waals surface area contributed by atoms with Crippen LogP contribution >= 0.6 is 11.6 Å². The number of para-hydroxylation sites is 1. The summed E-state index contributed by atoms with van der Waals surface area (Å²) in [6.45, 7) is 1.08. The minimum absolute atomic E-state index is 0.406. The van der Waals surface area contributed by atoms with E-state index in [0.717, 1.165) is 18.7 Å². The lowest BCUT2D eigenvalue weighted by Gasteiger charge is -2.15. The Morgan fingerprint density at radius 3 is 3.00 bits per heavy atom. The summed E-state index contributed by atoms with van der Waals surface area (Å²) in [6.07, 6.45) is 2.39. The Morgan fingerprint density at radius 2 is 2.36 bits per heavy atom. The highest BCUT2D eigenvalue weighted by molar-refractivity contribution is 6.32. The Kier molecular flexibility index (Phi) is 2.94. The molecule has 1 aliphatic rings. The van der Waals surface area contributed by atoms with Gasteiger partial charge in [-0.25, -0.2) is 0 Å². The Hall–Kier alpha value is -0.730. The van der Waals surface area contributed by atoms with Crippen LogP contribution in [-0.2, 0) is 0 Å².